The molecule has 3 N–H and O–H groups in total. The molecule has 0 aromatic carbocycles. The number of rotatable bonds is 36. The minimum absolute atomic E-state index is 0.0272. The van der Waals surface area contributed by atoms with Crippen molar-refractivity contribution in [2.75, 3.05) is 33.0 Å². The number of Topliss-reactive ketones (excluding diaryl/α,β-unsaturated/α-hetero) is 2. The van der Waals surface area contributed by atoms with E-state index in [-0.39, 0.29) is 54.2 Å². The second kappa shape index (κ2) is 34.8. The Morgan fingerprint density at radius 1 is 0.559 bits per heavy atom. The largest absolute Gasteiger partial charge is 0.396 e. The van der Waals surface area contributed by atoms with E-state index >= 15 is 0 Å². The molecule has 11 heteroatoms. The zero-order valence-corrected chi connectivity index (χ0v) is 44.3. The summed E-state index contributed by atoms with van der Waals surface area (Å²) in [6.07, 6.45) is 35.6. The van der Waals surface area contributed by atoms with Crippen LogP contribution in [0, 0.1) is 47.3 Å². The van der Waals surface area contributed by atoms with Crippen molar-refractivity contribution in [3.05, 3.63) is 24.3 Å². The van der Waals surface area contributed by atoms with E-state index in [1.165, 1.54) is 51.4 Å². The molecule has 68 heavy (non-hydrogen) atoms. The van der Waals surface area contributed by atoms with Gasteiger partial charge in [-0.25, -0.2) is 9.78 Å². The van der Waals surface area contributed by atoms with Crippen LogP contribution in [-0.2, 0) is 38.3 Å². The van der Waals surface area contributed by atoms with E-state index in [4.69, 9.17) is 29.5 Å². The van der Waals surface area contributed by atoms with Crippen LogP contribution in [0.2, 0.25) is 0 Å². The summed E-state index contributed by atoms with van der Waals surface area (Å²) >= 11 is 0. The van der Waals surface area contributed by atoms with Crippen molar-refractivity contribution in [3.8, 4) is 0 Å². The van der Waals surface area contributed by atoms with Crippen LogP contribution in [0.5, 0.6) is 0 Å². The highest BCUT2D eigenvalue weighted by Crippen LogP contribution is 2.45. The van der Waals surface area contributed by atoms with Crippen molar-refractivity contribution in [2.24, 2.45) is 47.3 Å². The maximum Gasteiger partial charge on any atom is 0.168 e. The Morgan fingerprint density at radius 3 is 1.32 bits per heavy atom. The van der Waals surface area contributed by atoms with Crippen molar-refractivity contribution in [1.29, 1.82) is 0 Å². The smallest absolute Gasteiger partial charge is 0.168 e. The second-order valence-corrected chi connectivity index (χ2v) is 21.7. The monoisotopic (exact) mass is 963 g/mol. The molecule has 0 radical (unpaired) electrons. The molecule has 8 atom stereocenters. The van der Waals surface area contributed by atoms with Gasteiger partial charge in [-0.05, 0) is 113 Å². The molecule has 0 spiro atoms. The molecule has 4 aliphatic rings. The van der Waals surface area contributed by atoms with Crippen molar-refractivity contribution >= 4 is 11.6 Å². The SMILES string of the molecule is CCCCCCCC1(CC[C@H]2[C@H](CC)CC(=O)[C@@H]2CC=CCCCC(OO)C(C)C)OCCO1.CCCCCCCC1(CC[C@H]2[C@H](CO)CC(=O)[C@@H]2CC=CCCCC(OO)C(C)C)OCCO1. The number of carbonyl (C=O) groups excluding carboxylic acids is 2. The van der Waals surface area contributed by atoms with Crippen molar-refractivity contribution < 1.29 is 53.9 Å². The van der Waals surface area contributed by atoms with Crippen LogP contribution in [0.1, 0.15) is 222 Å². The van der Waals surface area contributed by atoms with E-state index in [1.807, 2.05) is 13.8 Å². The molecule has 2 aliphatic carbocycles. The van der Waals surface area contributed by atoms with Gasteiger partial charge in [0.2, 0.25) is 0 Å². The van der Waals surface area contributed by atoms with Crippen LogP contribution in [0.15, 0.2) is 24.3 Å². The Morgan fingerprint density at radius 2 is 0.956 bits per heavy atom. The summed E-state index contributed by atoms with van der Waals surface area (Å²) in [6, 6.07) is 0. The third-order valence-electron chi connectivity index (χ3n) is 16.0. The molecule has 2 unspecified atom stereocenters. The number of carbonyl (C=O) groups is 2. The average molecular weight is 963 g/mol. The number of unbranched alkanes of at least 4 members (excludes halogenated alkanes) is 10. The number of hydrogen-bond acceptors (Lipinski definition) is 11. The summed E-state index contributed by atoms with van der Waals surface area (Å²) < 4.78 is 24.5. The molecule has 2 saturated heterocycles. The van der Waals surface area contributed by atoms with Gasteiger partial charge in [-0.3, -0.25) is 20.1 Å². The second-order valence-electron chi connectivity index (χ2n) is 21.7. The van der Waals surface area contributed by atoms with E-state index < -0.39 is 11.6 Å². The number of allylic oxidation sites excluding steroid dienone is 4. The first-order valence-corrected chi connectivity index (χ1v) is 28.0. The average Bonchev–Trinajstić information content (AvgIpc) is 4.13. The van der Waals surface area contributed by atoms with E-state index in [9.17, 15) is 14.7 Å². The van der Waals surface area contributed by atoms with Gasteiger partial charge < -0.3 is 24.1 Å². The Kier molecular flexibility index (Phi) is 31.1. The molecule has 2 saturated carbocycles. The lowest BCUT2D eigenvalue weighted by molar-refractivity contribution is -0.289. The molecule has 2 aliphatic heterocycles. The van der Waals surface area contributed by atoms with Crippen LogP contribution >= 0.6 is 0 Å². The van der Waals surface area contributed by atoms with Gasteiger partial charge >= 0.3 is 0 Å². The Labute approximate surface area is 414 Å². The standard InChI is InChI=1S/C29H52O5.C28H50O6/c1-5-7-8-11-14-18-29(32-20-21-33-29)19-17-25-24(6-2)22-27(30)26(25)15-12-9-10-13-16-28(34-31)23(3)4;1-4-5-6-9-12-16-28(32-18-19-33-28)17-15-24-23(21-29)20-26(30)25(24)13-10-7-8-11-14-27(34-31)22(2)3/h9,12,23-26,28,31H,5-8,10-11,13-22H2,1-4H3;7,10,22-25,27,29,31H,4-6,8-9,11-21H2,1-3H3/t24-,25+,26-,28?;23-,24-,25+,27?/m10/s1. The van der Waals surface area contributed by atoms with Crippen molar-refractivity contribution in [3.63, 3.8) is 0 Å². The van der Waals surface area contributed by atoms with Gasteiger partial charge in [0.05, 0.1) is 38.6 Å². The molecule has 2 heterocycles. The highest BCUT2D eigenvalue weighted by Gasteiger charge is 2.45. The maximum atomic E-state index is 12.9. The minimum atomic E-state index is -0.500. The number of hydrogen-bond donors (Lipinski definition) is 3. The van der Waals surface area contributed by atoms with E-state index in [0.29, 0.717) is 56.4 Å². The highest BCUT2D eigenvalue weighted by molar-refractivity contribution is 5.84. The van der Waals surface area contributed by atoms with E-state index in [1.54, 1.807) is 0 Å². The quantitative estimate of drug-likeness (QED) is 0.0238. The normalized spacial score (nSPS) is 25.7. The molecule has 396 valence electrons. The van der Waals surface area contributed by atoms with Crippen molar-refractivity contribution in [2.45, 2.75) is 246 Å². The summed E-state index contributed by atoms with van der Waals surface area (Å²) in [7, 11) is 0. The zero-order chi connectivity index (χ0) is 49.6. The van der Waals surface area contributed by atoms with Crippen molar-refractivity contribution in [1.82, 2.24) is 0 Å². The predicted molar refractivity (Wildman–Crippen MR) is 272 cm³/mol. The third kappa shape index (κ3) is 21.3. The molecule has 0 bridgehead atoms. The number of aliphatic hydroxyl groups is 1. The summed E-state index contributed by atoms with van der Waals surface area (Å²) in [4.78, 5) is 34.8. The first-order chi connectivity index (χ1) is 32.9. The van der Waals surface area contributed by atoms with Gasteiger partial charge in [-0.15, -0.1) is 0 Å². The maximum absolute atomic E-state index is 12.9. The molecule has 4 rings (SSSR count). The van der Waals surface area contributed by atoms with Gasteiger partial charge in [0.15, 0.2) is 11.6 Å². The van der Waals surface area contributed by atoms with Crippen LogP contribution in [0.25, 0.3) is 0 Å². The fourth-order valence-electron chi connectivity index (χ4n) is 11.6. The Bertz CT molecular complexity index is 1270. The third-order valence-corrected chi connectivity index (χ3v) is 16.0. The molecular formula is C57H102O11. The molecule has 0 amide bonds. The molecule has 4 fully saturated rings. The molecule has 0 aromatic rings. The van der Waals surface area contributed by atoms with Crippen LogP contribution in [-0.4, -0.2) is 84.0 Å². The molecule has 0 aromatic heterocycles. The van der Waals surface area contributed by atoms with E-state index in [2.05, 4.69) is 68.7 Å². The Balaban J connectivity index is 0.000000360. The Hall–Kier alpha value is -1.54. The number of ether oxygens (including phenoxy) is 4. The molecule has 11 nitrogen and oxygen atoms in total. The minimum Gasteiger partial charge on any atom is -0.396 e. The summed E-state index contributed by atoms with van der Waals surface area (Å²) in [5.41, 5.74) is 0. The molecular weight excluding hydrogens is 861 g/mol. The van der Waals surface area contributed by atoms with Crippen LogP contribution in [0.3, 0.4) is 0 Å². The first kappa shape index (κ1) is 60.8. The first-order valence-electron chi connectivity index (χ1n) is 28.0. The van der Waals surface area contributed by atoms with Crippen LogP contribution in [0.4, 0.5) is 0 Å². The van der Waals surface area contributed by atoms with Gasteiger partial charge in [-0.2, -0.15) is 0 Å². The topological polar surface area (TPSA) is 150 Å². The van der Waals surface area contributed by atoms with Gasteiger partial charge in [0, 0.05) is 57.0 Å². The highest BCUT2D eigenvalue weighted by atomic mass is 17.1. The summed E-state index contributed by atoms with van der Waals surface area (Å²) in [5, 5.41) is 27.9. The summed E-state index contributed by atoms with van der Waals surface area (Å²) in [5.74, 6) is 1.65. The van der Waals surface area contributed by atoms with Gasteiger partial charge in [-0.1, -0.05) is 131 Å². The zero-order valence-electron chi connectivity index (χ0n) is 44.3. The lowest BCUT2D eigenvalue weighted by Crippen LogP contribution is -2.32. The summed E-state index contributed by atoms with van der Waals surface area (Å²) in [6.45, 7) is 17.7. The van der Waals surface area contributed by atoms with Crippen LogP contribution < -0.4 is 0 Å². The van der Waals surface area contributed by atoms with E-state index in [0.717, 1.165) is 116 Å². The van der Waals surface area contributed by atoms with Gasteiger partial charge in [0.25, 0.3) is 0 Å². The fraction of sp³-hybridized carbons (Fsp3) is 0.895. The lowest BCUT2D eigenvalue weighted by atomic mass is 9.81. The predicted octanol–water partition coefficient (Wildman–Crippen LogP) is 14.0. The van der Waals surface area contributed by atoms with Gasteiger partial charge in [0.1, 0.15) is 11.6 Å². The fourth-order valence-corrected chi connectivity index (χ4v) is 11.6. The lowest BCUT2D eigenvalue weighted by Gasteiger charge is -2.31. The number of ketones is 2. The number of aliphatic hydroxyl groups excluding tert-OH is 1.